The Labute approximate surface area is 211 Å². The number of hydrogen-bond acceptors (Lipinski definition) is 7. The summed E-state index contributed by atoms with van der Waals surface area (Å²) in [5.74, 6) is 0.00621. The number of piperazine rings is 1. The van der Waals surface area contributed by atoms with Crippen molar-refractivity contribution in [1.82, 2.24) is 19.8 Å². The van der Waals surface area contributed by atoms with Crippen LogP contribution in [0.25, 0.3) is 16.8 Å². The van der Waals surface area contributed by atoms with Crippen molar-refractivity contribution in [2.24, 2.45) is 5.73 Å². The van der Waals surface area contributed by atoms with Crippen molar-refractivity contribution in [2.45, 2.75) is 19.6 Å². The van der Waals surface area contributed by atoms with Gasteiger partial charge in [-0.3, -0.25) is 14.6 Å². The fourth-order valence-electron chi connectivity index (χ4n) is 4.04. The molecule has 0 saturated carbocycles. The SMILES string of the molecule is C=C(C(N)=O)c1cccc(-c2cc(CN3CCN(CC(F)(F)F)CC3)cc(Nc3ncc(C)s3)n2)c1. The Balaban J connectivity index is 1.58. The summed E-state index contributed by atoms with van der Waals surface area (Å²) in [4.78, 5) is 25.3. The van der Waals surface area contributed by atoms with Crippen LogP contribution in [-0.4, -0.2) is 64.6 Å². The van der Waals surface area contributed by atoms with E-state index in [9.17, 15) is 18.0 Å². The lowest BCUT2D eigenvalue weighted by molar-refractivity contribution is -0.149. The number of benzene rings is 1. The van der Waals surface area contributed by atoms with E-state index in [0.29, 0.717) is 54.9 Å². The lowest BCUT2D eigenvalue weighted by atomic mass is 10.0. The Bertz CT molecular complexity index is 1250. The first kappa shape index (κ1) is 25.8. The largest absolute Gasteiger partial charge is 0.401 e. The second-order valence-electron chi connectivity index (χ2n) is 8.74. The number of carbonyl (C=O) groups is 1. The number of primary amides is 1. The number of aryl methyl sites for hydroxylation is 1. The molecule has 1 aromatic carbocycles. The van der Waals surface area contributed by atoms with E-state index in [-0.39, 0.29) is 5.57 Å². The third kappa shape index (κ3) is 6.90. The summed E-state index contributed by atoms with van der Waals surface area (Å²) in [6.45, 7) is 7.21. The Hall–Kier alpha value is -3.28. The number of pyridine rings is 1. The summed E-state index contributed by atoms with van der Waals surface area (Å²) < 4.78 is 38.2. The van der Waals surface area contributed by atoms with Crippen molar-refractivity contribution in [3.8, 4) is 11.3 Å². The molecule has 0 atom stereocenters. The summed E-state index contributed by atoms with van der Waals surface area (Å²) in [6.07, 6.45) is -2.41. The first-order chi connectivity index (χ1) is 17.1. The highest BCUT2D eigenvalue weighted by Crippen LogP contribution is 2.28. The molecule has 2 aromatic heterocycles. The van der Waals surface area contributed by atoms with Crippen molar-refractivity contribution in [2.75, 3.05) is 38.0 Å². The number of nitrogens with zero attached hydrogens (tertiary/aromatic N) is 4. The number of hydrogen-bond donors (Lipinski definition) is 2. The quantitative estimate of drug-likeness (QED) is 0.431. The van der Waals surface area contributed by atoms with E-state index in [1.807, 2.05) is 37.3 Å². The molecule has 1 aliphatic heterocycles. The van der Waals surface area contributed by atoms with Gasteiger partial charge in [0.1, 0.15) is 5.82 Å². The molecule has 0 unspecified atom stereocenters. The molecule has 3 aromatic rings. The van der Waals surface area contributed by atoms with E-state index in [2.05, 4.69) is 21.8 Å². The minimum Gasteiger partial charge on any atom is -0.366 e. The van der Waals surface area contributed by atoms with Crippen LogP contribution in [0.1, 0.15) is 16.0 Å². The highest BCUT2D eigenvalue weighted by atomic mass is 32.1. The van der Waals surface area contributed by atoms with E-state index in [0.717, 1.165) is 16.0 Å². The molecule has 0 radical (unpaired) electrons. The van der Waals surface area contributed by atoms with Gasteiger partial charge >= 0.3 is 6.18 Å². The van der Waals surface area contributed by atoms with E-state index < -0.39 is 18.6 Å². The molecule has 0 aliphatic carbocycles. The van der Waals surface area contributed by atoms with Crippen molar-refractivity contribution >= 4 is 33.8 Å². The van der Waals surface area contributed by atoms with Crippen LogP contribution in [0.3, 0.4) is 0 Å². The van der Waals surface area contributed by atoms with Crippen LogP contribution in [0.15, 0.2) is 49.2 Å². The van der Waals surface area contributed by atoms with Gasteiger partial charge in [0.2, 0.25) is 5.91 Å². The average Bonchev–Trinajstić information content (AvgIpc) is 3.23. The minimum atomic E-state index is -4.19. The van der Waals surface area contributed by atoms with E-state index in [1.165, 1.54) is 16.2 Å². The zero-order valence-electron chi connectivity index (χ0n) is 19.8. The molecule has 7 nitrogen and oxygen atoms in total. The number of thiazole rings is 1. The lowest BCUT2D eigenvalue weighted by Crippen LogP contribution is -2.48. The summed E-state index contributed by atoms with van der Waals surface area (Å²) in [5, 5.41) is 3.96. The first-order valence-corrected chi connectivity index (χ1v) is 12.2. The number of aromatic nitrogens is 2. The van der Waals surface area contributed by atoms with Crippen molar-refractivity contribution in [1.29, 1.82) is 0 Å². The maximum Gasteiger partial charge on any atom is 0.401 e. The van der Waals surface area contributed by atoms with Crippen molar-refractivity contribution in [3.05, 3.63) is 65.2 Å². The van der Waals surface area contributed by atoms with Gasteiger partial charge in [0.05, 0.1) is 12.2 Å². The molecule has 1 amide bonds. The van der Waals surface area contributed by atoms with Gasteiger partial charge in [-0.05, 0) is 36.2 Å². The maximum atomic E-state index is 12.7. The molecule has 4 rings (SSSR count). The van der Waals surface area contributed by atoms with Gasteiger partial charge in [0, 0.05) is 54.9 Å². The van der Waals surface area contributed by atoms with Gasteiger partial charge in [-0.25, -0.2) is 9.97 Å². The highest BCUT2D eigenvalue weighted by molar-refractivity contribution is 7.15. The minimum absolute atomic E-state index is 0.210. The van der Waals surface area contributed by atoms with Gasteiger partial charge in [0.25, 0.3) is 0 Å². The molecule has 36 heavy (non-hydrogen) atoms. The van der Waals surface area contributed by atoms with Crippen LogP contribution >= 0.6 is 11.3 Å². The van der Waals surface area contributed by atoms with Crippen LogP contribution in [0.2, 0.25) is 0 Å². The number of anilines is 2. The van der Waals surface area contributed by atoms with Gasteiger partial charge in [-0.2, -0.15) is 13.2 Å². The predicted octanol–water partition coefficient (Wildman–Crippen LogP) is 4.44. The van der Waals surface area contributed by atoms with Crippen molar-refractivity contribution in [3.63, 3.8) is 0 Å². The third-order valence-corrected chi connectivity index (χ3v) is 6.65. The smallest absolute Gasteiger partial charge is 0.366 e. The molecule has 3 heterocycles. The Morgan fingerprint density at radius 2 is 1.89 bits per heavy atom. The average molecular weight is 517 g/mol. The molecule has 1 saturated heterocycles. The molecule has 3 N–H and O–H groups in total. The van der Waals surface area contributed by atoms with Crippen molar-refractivity contribution < 1.29 is 18.0 Å². The number of nitrogens with one attached hydrogen (secondary N) is 1. The number of alkyl halides is 3. The fraction of sp³-hybridized carbons (Fsp3) is 0.320. The van der Waals surface area contributed by atoms with E-state index >= 15 is 0 Å². The number of amides is 1. The summed E-state index contributed by atoms with van der Waals surface area (Å²) in [5.41, 5.74) is 8.64. The van der Waals surface area contributed by atoms with Gasteiger partial charge in [0.15, 0.2) is 5.13 Å². The second-order valence-corrected chi connectivity index (χ2v) is 9.97. The normalized spacial score (nSPS) is 15.1. The first-order valence-electron chi connectivity index (χ1n) is 11.4. The molecule has 1 fully saturated rings. The molecule has 190 valence electrons. The van der Waals surface area contributed by atoms with E-state index in [4.69, 9.17) is 10.7 Å². The molecule has 0 spiro atoms. The van der Waals surface area contributed by atoms with Crippen LogP contribution < -0.4 is 11.1 Å². The Morgan fingerprint density at radius 1 is 1.17 bits per heavy atom. The molecule has 11 heteroatoms. The van der Waals surface area contributed by atoms with Gasteiger partial charge in [-0.1, -0.05) is 24.8 Å². The second kappa shape index (κ2) is 10.8. The summed E-state index contributed by atoms with van der Waals surface area (Å²) >= 11 is 1.51. The number of rotatable bonds is 8. The zero-order valence-corrected chi connectivity index (χ0v) is 20.6. The topological polar surface area (TPSA) is 87.4 Å². The van der Waals surface area contributed by atoms with Gasteiger partial charge < -0.3 is 11.1 Å². The Morgan fingerprint density at radius 3 is 2.53 bits per heavy atom. The molecular weight excluding hydrogens is 489 g/mol. The third-order valence-electron chi connectivity index (χ3n) is 5.82. The Kier molecular flexibility index (Phi) is 7.72. The summed E-state index contributed by atoms with van der Waals surface area (Å²) in [6, 6.07) is 11.1. The van der Waals surface area contributed by atoms with Crippen LogP contribution in [0.4, 0.5) is 24.1 Å². The van der Waals surface area contributed by atoms with E-state index in [1.54, 1.807) is 12.3 Å². The summed E-state index contributed by atoms with van der Waals surface area (Å²) in [7, 11) is 0. The lowest BCUT2D eigenvalue weighted by Gasteiger charge is -2.35. The molecule has 1 aliphatic rings. The predicted molar refractivity (Wildman–Crippen MR) is 136 cm³/mol. The number of halogens is 3. The molecular formula is C25H27F3N6OS. The monoisotopic (exact) mass is 516 g/mol. The fourth-order valence-corrected chi connectivity index (χ4v) is 4.71. The van der Waals surface area contributed by atoms with Crippen LogP contribution in [0.5, 0.6) is 0 Å². The highest BCUT2D eigenvalue weighted by Gasteiger charge is 2.32. The maximum absolute atomic E-state index is 12.7. The zero-order chi connectivity index (χ0) is 25.9. The van der Waals surface area contributed by atoms with Crippen LogP contribution in [0, 0.1) is 6.92 Å². The standard InChI is InChI=1S/C25H27F3N6OS/c1-16-13-30-24(36-16)32-22-11-18(14-33-6-8-34(9-7-33)15-25(26,27)28)10-21(31-22)20-5-3-4-19(12-20)17(2)23(29)35/h3-5,10-13H,2,6-9,14-15H2,1H3,(H2,29,35)(H,30,31,32). The van der Waals surface area contributed by atoms with Crippen LogP contribution in [-0.2, 0) is 11.3 Å². The number of carbonyl (C=O) groups excluding carboxylic acids is 1. The number of nitrogens with two attached hydrogens (primary N) is 1. The molecule has 0 bridgehead atoms. The van der Waals surface area contributed by atoms with Gasteiger partial charge in [-0.15, -0.1) is 11.3 Å².